The molecule has 0 amide bonds. The molecule has 1 saturated carbocycles. The highest BCUT2D eigenvalue weighted by molar-refractivity contribution is 5.76. The van der Waals surface area contributed by atoms with Crippen molar-refractivity contribution >= 4 is 5.97 Å². The molecule has 1 aliphatic carbocycles. The molecule has 0 aromatic heterocycles. The van der Waals surface area contributed by atoms with E-state index in [1.54, 1.807) is 0 Å². The maximum absolute atomic E-state index is 11.2. The van der Waals surface area contributed by atoms with Crippen LogP contribution in [-0.2, 0) is 4.79 Å². The largest absolute Gasteiger partial charge is 0.481 e. The smallest absolute Gasteiger partial charge is 0.310 e. The summed E-state index contributed by atoms with van der Waals surface area (Å²) in [4.78, 5) is 11.2. The maximum atomic E-state index is 11.2. The monoisotopic (exact) mass is 241 g/mol. The predicted molar refractivity (Wildman–Crippen MR) is 70.0 cm³/mol. The number of carboxylic acids is 1. The van der Waals surface area contributed by atoms with Gasteiger partial charge < -0.3 is 10.4 Å². The van der Waals surface area contributed by atoms with E-state index in [0.29, 0.717) is 6.54 Å². The number of rotatable bonds is 5. The minimum Gasteiger partial charge on any atom is -0.481 e. The van der Waals surface area contributed by atoms with Crippen LogP contribution in [0.15, 0.2) is 0 Å². The van der Waals surface area contributed by atoms with Crippen LogP contribution in [0.25, 0.3) is 0 Å². The Morgan fingerprint density at radius 3 is 2.06 bits per heavy atom. The van der Waals surface area contributed by atoms with Crippen LogP contribution in [0.3, 0.4) is 0 Å². The van der Waals surface area contributed by atoms with Crippen molar-refractivity contribution in [3.63, 3.8) is 0 Å². The van der Waals surface area contributed by atoms with Gasteiger partial charge in [-0.3, -0.25) is 4.79 Å². The fraction of sp³-hybridized carbons (Fsp3) is 0.929. The Morgan fingerprint density at radius 1 is 1.24 bits per heavy atom. The van der Waals surface area contributed by atoms with Crippen LogP contribution in [0.5, 0.6) is 0 Å². The van der Waals surface area contributed by atoms with Gasteiger partial charge in [-0.05, 0) is 23.7 Å². The van der Waals surface area contributed by atoms with E-state index >= 15 is 0 Å². The summed E-state index contributed by atoms with van der Waals surface area (Å²) in [6, 6.07) is 0. The Labute approximate surface area is 105 Å². The molecule has 1 fully saturated rings. The van der Waals surface area contributed by atoms with E-state index in [-0.39, 0.29) is 10.8 Å². The van der Waals surface area contributed by atoms with E-state index in [1.807, 2.05) is 0 Å². The third kappa shape index (κ3) is 3.01. The molecule has 0 atom stereocenters. The van der Waals surface area contributed by atoms with E-state index in [0.717, 1.165) is 25.8 Å². The van der Waals surface area contributed by atoms with E-state index in [4.69, 9.17) is 0 Å². The van der Waals surface area contributed by atoms with E-state index in [1.165, 1.54) is 0 Å². The molecule has 0 aromatic rings. The van der Waals surface area contributed by atoms with Gasteiger partial charge in [0.15, 0.2) is 0 Å². The third-order valence-electron chi connectivity index (χ3n) is 4.82. The first-order valence-electron chi connectivity index (χ1n) is 6.55. The normalized spacial score (nSPS) is 19.8. The van der Waals surface area contributed by atoms with Gasteiger partial charge >= 0.3 is 5.97 Å². The fourth-order valence-electron chi connectivity index (χ4n) is 1.95. The summed E-state index contributed by atoms with van der Waals surface area (Å²) in [6.07, 6.45) is 2.70. The first-order chi connectivity index (χ1) is 7.61. The second kappa shape index (κ2) is 4.60. The number of nitrogens with one attached hydrogen (secondary N) is 1. The van der Waals surface area contributed by atoms with Crippen LogP contribution >= 0.6 is 0 Å². The quantitative estimate of drug-likeness (QED) is 0.778. The number of hydrogen-bond acceptors (Lipinski definition) is 2. The van der Waals surface area contributed by atoms with Crippen molar-refractivity contribution in [3.05, 3.63) is 0 Å². The number of carbonyl (C=O) groups is 1. The van der Waals surface area contributed by atoms with Crippen molar-refractivity contribution in [2.75, 3.05) is 13.1 Å². The standard InChI is InChI=1S/C14H27NO2/c1-12(2,3)13(4,5)9-15-10-14(11(16)17)7-6-8-14/h15H,6-10H2,1-5H3,(H,16,17). The summed E-state index contributed by atoms with van der Waals surface area (Å²) in [5, 5.41) is 12.6. The second-order valence-corrected chi connectivity index (χ2v) is 7.18. The minimum absolute atomic E-state index is 0.163. The van der Waals surface area contributed by atoms with Crippen molar-refractivity contribution in [1.82, 2.24) is 5.32 Å². The van der Waals surface area contributed by atoms with Gasteiger partial charge in [-0.2, -0.15) is 0 Å². The lowest BCUT2D eigenvalue weighted by atomic mass is 9.67. The molecular weight excluding hydrogens is 214 g/mol. The average molecular weight is 241 g/mol. The molecule has 0 heterocycles. The Morgan fingerprint density at radius 2 is 1.76 bits per heavy atom. The van der Waals surface area contributed by atoms with Crippen molar-refractivity contribution < 1.29 is 9.90 Å². The lowest BCUT2D eigenvalue weighted by molar-refractivity contribution is -0.154. The molecule has 0 spiro atoms. The Kier molecular flexibility index (Phi) is 3.92. The fourth-order valence-corrected chi connectivity index (χ4v) is 1.95. The van der Waals surface area contributed by atoms with Gasteiger partial charge in [0.25, 0.3) is 0 Å². The van der Waals surface area contributed by atoms with Gasteiger partial charge in [-0.1, -0.05) is 41.0 Å². The van der Waals surface area contributed by atoms with Crippen LogP contribution in [-0.4, -0.2) is 24.2 Å². The summed E-state index contributed by atoms with van der Waals surface area (Å²) in [7, 11) is 0. The van der Waals surface area contributed by atoms with Crippen molar-refractivity contribution in [2.45, 2.75) is 53.9 Å². The molecule has 0 unspecified atom stereocenters. The molecule has 0 bridgehead atoms. The van der Waals surface area contributed by atoms with Gasteiger partial charge in [0.2, 0.25) is 0 Å². The van der Waals surface area contributed by atoms with Gasteiger partial charge in [0.05, 0.1) is 5.41 Å². The molecule has 2 N–H and O–H groups in total. The van der Waals surface area contributed by atoms with Gasteiger partial charge in [0.1, 0.15) is 0 Å². The lowest BCUT2D eigenvalue weighted by Gasteiger charge is -2.42. The summed E-state index contributed by atoms with van der Waals surface area (Å²) in [6.45, 7) is 12.6. The number of carboxylic acid groups (broad SMARTS) is 1. The molecule has 3 heteroatoms. The number of hydrogen-bond donors (Lipinski definition) is 2. The highest BCUT2D eigenvalue weighted by atomic mass is 16.4. The average Bonchev–Trinajstić information content (AvgIpc) is 2.06. The lowest BCUT2D eigenvalue weighted by Crippen LogP contribution is -2.49. The van der Waals surface area contributed by atoms with Crippen LogP contribution in [0.4, 0.5) is 0 Å². The third-order valence-corrected chi connectivity index (χ3v) is 4.82. The molecular formula is C14H27NO2. The summed E-state index contributed by atoms with van der Waals surface area (Å²) >= 11 is 0. The summed E-state index contributed by atoms with van der Waals surface area (Å²) in [5.74, 6) is -0.634. The minimum atomic E-state index is -0.634. The highest BCUT2D eigenvalue weighted by Gasteiger charge is 2.44. The number of aliphatic carboxylic acids is 1. The molecule has 0 aromatic carbocycles. The molecule has 1 aliphatic rings. The van der Waals surface area contributed by atoms with Crippen LogP contribution in [0.1, 0.15) is 53.9 Å². The van der Waals surface area contributed by atoms with Crippen LogP contribution in [0, 0.1) is 16.2 Å². The van der Waals surface area contributed by atoms with E-state index in [2.05, 4.69) is 39.9 Å². The van der Waals surface area contributed by atoms with Gasteiger partial charge in [0, 0.05) is 13.1 Å². The highest BCUT2D eigenvalue weighted by Crippen LogP contribution is 2.41. The zero-order valence-electron chi connectivity index (χ0n) is 11.9. The molecule has 1 rings (SSSR count). The first-order valence-corrected chi connectivity index (χ1v) is 6.55. The van der Waals surface area contributed by atoms with Crippen molar-refractivity contribution in [2.24, 2.45) is 16.2 Å². The zero-order valence-corrected chi connectivity index (χ0v) is 11.9. The van der Waals surface area contributed by atoms with Gasteiger partial charge in [-0.15, -0.1) is 0 Å². The Bertz CT molecular complexity index is 285. The molecule has 100 valence electrons. The molecule has 0 radical (unpaired) electrons. The first kappa shape index (κ1) is 14.5. The van der Waals surface area contributed by atoms with E-state index in [9.17, 15) is 9.90 Å². The Balaban J connectivity index is 2.45. The maximum Gasteiger partial charge on any atom is 0.310 e. The molecule has 17 heavy (non-hydrogen) atoms. The van der Waals surface area contributed by atoms with Crippen molar-refractivity contribution in [3.8, 4) is 0 Å². The van der Waals surface area contributed by atoms with Crippen LogP contribution in [0.2, 0.25) is 0 Å². The zero-order chi connectivity index (χ0) is 13.3. The molecule has 0 aliphatic heterocycles. The van der Waals surface area contributed by atoms with Crippen molar-refractivity contribution in [1.29, 1.82) is 0 Å². The SMILES string of the molecule is CC(C)(C)C(C)(C)CNCC1(C(=O)O)CCC1. The van der Waals surface area contributed by atoms with Crippen LogP contribution < -0.4 is 5.32 Å². The summed E-state index contributed by atoms with van der Waals surface area (Å²) in [5.41, 5.74) is -0.0968. The predicted octanol–water partition coefficient (Wildman–Crippen LogP) is 2.90. The summed E-state index contributed by atoms with van der Waals surface area (Å²) < 4.78 is 0. The second-order valence-electron chi connectivity index (χ2n) is 7.18. The molecule has 0 saturated heterocycles. The molecule has 3 nitrogen and oxygen atoms in total. The Hall–Kier alpha value is -0.570. The van der Waals surface area contributed by atoms with E-state index < -0.39 is 11.4 Å². The topological polar surface area (TPSA) is 49.3 Å². The van der Waals surface area contributed by atoms with Gasteiger partial charge in [-0.25, -0.2) is 0 Å².